The molecule has 0 atom stereocenters. The number of hydrogen-bond acceptors (Lipinski definition) is 7. The number of hydrogen-bond donors (Lipinski definition) is 0. The van der Waals surface area contributed by atoms with Crippen molar-refractivity contribution in [2.45, 2.75) is 138 Å². The highest BCUT2D eigenvalue weighted by Gasteiger charge is 2.38. The van der Waals surface area contributed by atoms with Gasteiger partial charge in [-0.25, -0.2) is 0 Å². The highest BCUT2D eigenvalue weighted by molar-refractivity contribution is 5.87. The molecule has 3 rings (SSSR count). The molecule has 0 radical (unpaired) electrons. The van der Waals surface area contributed by atoms with E-state index in [-0.39, 0.29) is 30.8 Å². The number of methoxy groups -OCH3 is 2. The van der Waals surface area contributed by atoms with Gasteiger partial charge in [0.1, 0.15) is 0 Å². The van der Waals surface area contributed by atoms with E-state index in [1.54, 1.807) is 98.0 Å². The molecule has 0 bridgehead atoms. The largest absolute Gasteiger partial charge is 0.472 e. The summed E-state index contributed by atoms with van der Waals surface area (Å²) in [5, 5.41) is 0. The minimum absolute atomic E-state index is 0.0198. The summed E-state index contributed by atoms with van der Waals surface area (Å²) in [6.45, 7) is 15.0. The van der Waals surface area contributed by atoms with Crippen LogP contribution in [0.2, 0.25) is 0 Å². The fourth-order valence-electron chi connectivity index (χ4n) is 6.66. The molecule has 7 heteroatoms. The second kappa shape index (κ2) is 24.6. The van der Waals surface area contributed by atoms with E-state index in [0.29, 0.717) is 18.1 Å². The van der Waals surface area contributed by atoms with Crippen LogP contribution >= 0.6 is 0 Å². The van der Waals surface area contributed by atoms with Crippen LogP contribution in [-0.2, 0) is 33.3 Å². The first kappa shape index (κ1) is 41.3. The van der Waals surface area contributed by atoms with Gasteiger partial charge in [0, 0.05) is 26.4 Å². The number of ether oxygens (including phenoxy) is 5. The van der Waals surface area contributed by atoms with Crippen molar-refractivity contribution in [3.8, 4) is 0 Å². The summed E-state index contributed by atoms with van der Waals surface area (Å²) in [7, 11) is 3.15. The number of ketones is 2. The van der Waals surface area contributed by atoms with Crippen molar-refractivity contribution >= 4 is 11.6 Å². The van der Waals surface area contributed by atoms with Crippen LogP contribution in [0.4, 0.5) is 0 Å². The lowest BCUT2D eigenvalue weighted by Crippen LogP contribution is -2.31. The third kappa shape index (κ3) is 20.0. The SMILES string of the molecule is C1CCC(C(C2CCCC2)C2CCCC2)C1.CC.COCC(C)(C)OCO/C(C)=C\C(C)=O.COCO/C(C)=C\C(C)=O. The van der Waals surface area contributed by atoms with Gasteiger partial charge in [-0.1, -0.05) is 90.9 Å². The quantitative estimate of drug-likeness (QED) is 0.110. The van der Waals surface area contributed by atoms with Crippen LogP contribution in [0.25, 0.3) is 0 Å². The predicted octanol–water partition coefficient (Wildman–Crippen LogP) is 9.19. The molecule has 0 heterocycles. The Bertz CT molecular complexity index is 745. The first-order valence-corrected chi connectivity index (χ1v) is 16.7. The molecule has 43 heavy (non-hydrogen) atoms. The molecule has 0 amide bonds. The highest BCUT2D eigenvalue weighted by Crippen LogP contribution is 2.49. The Kier molecular flexibility index (Phi) is 23.6. The molecular formula is C36H66O7. The van der Waals surface area contributed by atoms with E-state index in [1.165, 1.54) is 33.1 Å². The third-order valence-electron chi connectivity index (χ3n) is 8.28. The molecule has 3 saturated carbocycles. The molecule has 0 N–H and O–H groups in total. The molecule has 252 valence electrons. The molecule has 0 saturated heterocycles. The first-order valence-electron chi connectivity index (χ1n) is 16.7. The zero-order chi connectivity index (χ0) is 32.7. The number of carbonyl (C=O) groups excluding carboxylic acids is 2. The maximum absolute atomic E-state index is 10.7. The van der Waals surface area contributed by atoms with Crippen LogP contribution in [0.1, 0.15) is 132 Å². The van der Waals surface area contributed by atoms with Crippen molar-refractivity contribution in [2.24, 2.45) is 23.7 Å². The lowest BCUT2D eigenvalue weighted by Gasteiger charge is -2.34. The van der Waals surface area contributed by atoms with Crippen LogP contribution in [0, 0.1) is 23.7 Å². The van der Waals surface area contributed by atoms with Crippen LogP contribution in [0.5, 0.6) is 0 Å². The molecule has 0 aliphatic heterocycles. The Morgan fingerprint density at radius 2 is 1.00 bits per heavy atom. The van der Waals surface area contributed by atoms with Crippen LogP contribution in [0.15, 0.2) is 23.7 Å². The van der Waals surface area contributed by atoms with Gasteiger partial charge >= 0.3 is 0 Å². The van der Waals surface area contributed by atoms with Gasteiger partial charge in [0.15, 0.2) is 25.2 Å². The minimum Gasteiger partial charge on any atom is -0.472 e. The molecular weight excluding hydrogens is 544 g/mol. The molecule has 7 nitrogen and oxygen atoms in total. The maximum Gasteiger partial charge on any atom is 0.189 e. The molecule has 3 aliphatic carbocycles. The lowest BCUT2D eigenvalue weighted by molar-refractivity contribution is -0.132. The summed E-state index contributed by atoms with van der Waals surface area (Å²) in [6.07, 6.45) is 21.6. The zero-order valence-electron chi connectivity index (χ0n) is 29.4. The predicted molar refractivity (Wildman–Crippen MR) is 176 cm³/mol. The summed E-state index contributed by atoms with van der Waals surface area (Å²) < 4.78 is 25.1. The molecule has 0 unspecified atom stereocenters. The zero-order valence-corrected chi connectivity index (χ0v) is 29.4. The molecule has 3 aliphatic rings. The van der Waals surface area contributed by atoms with E-state index >= 15 is 0 Å². The van der Waals surface area contributed by atoms with E-state index in [0.717, 1.165) is 23.7 Å². The molecule has 0 aromatic heterocycles. The number of rotatable bonds is 14. The molecule has 0 aromatic rings. The topological polar surface area (TPSA) is 80.3 Å². The van der Waals surface area contributed by atoms with E-state index in [1.807, 2.05) is 27.7 Å². The van der Waals surface area contributed by atoms with Crippen molar-refractivity contribution in [2.75, 3.05) is 34.4 Å². The molecule has 3 fully saturated rings. The average Bonchev–Trinajstić information content (AvgIpc) is 3.74. The van der Waals surface area contributed by atoms with Crippen LogP contribution < -0.4 is 0 Å². The summed E-state index contributed by atoms with van der Waals surface area (Å²) in [5.74, 6) is 5.67. The monoisotopic (exact) mass is 610 g/mol. The fraction of sp³-hybridized carbons (Fsp3) is 0.833. The van der Waals surface area contributed by atoms with Crippen molar-refractivity contribution in [1.82, 2.24) is 0 Å². The third-order valence-corrected chi connectivity index (χ3v) is 8.28. The smallest absolute Gasteiger partial charge is 0.189 e. The van der Waals surface area contributed by atoms with Gasteiger partial charge in [-0.2, -0.15) is 0 Å². The van der Waals surface area contributed by atoms with E-state index in [4.69, 9.17) is 18.9 Å². The van der Waals surface area contributed by atoms with E-state index in [9.17, 15) is 9.59 Å². The fourth-order valence-corrected chi connectivity index (χ4v) is 6.66. The first-order chi connectivity index (χ1) is 20.5. The van der Waals surface area contributed by atoms with Gasteiger partial charge in [0.05, 0.1) is 23.7 Å². The Morgan fingerprint density at radius 1 is 0.651 bits per heavy atom. The summed E-state index contributed by atoms with van der Waals surface area (Å²) in [6, 6.07) is 0. The van der Waals surface area contributed by atoms with Crippen molar-refractivity contribution < 1.29 is 33.3 Å². The Balaban J connectivity index is 0.000000615. The van der Waals surface area contributed by atoms with Crippen molar-refractivity contribution in [1.29, 1.82) is 0 Å². The van der Waals surface area contributed by atoms with Gasteiger partial charge in [-0.3, -0.25) is 9.59 Å². The lowest BCUT2D eigenvalue weighted by atomic mass is 9.71. The van der Waals surface area contributed by atoms with Crippen molar-refractivity contribution in [3.63, 3.8) is 0 Å². The Hall–Kier alpha value is -1.70. The van der Waals surface area contributed by atoms with Gasteiger partial charge in [0.25, 0.3) is 0 Å². The van der Waals surface area contributed by atoms with E-state index in [2.05, 4.69) is 4.74 Å². The Labute approximate surface area is 264 Å². The van der Waals surface area contributed by atoms with Gasteiger partial charge < -0.3 is 23.7 Å². The number of carbonyl (C=O) groups is 2. The second-order valence-electron chi connectivity index (χ2n) is 12.6. The maximum atomic E-state index is 10.7. The average molecular weight is 611 g/mol. The normalized spacial score (nSPS) is 18.3. The van der Waals surface area contributed by atoms with Crippen LogP contribution in [0.3, 0.4) is 0 Å². The van der Waals surface area contributed by atoms with Gasteiger partial charge in [-0.15, -0.1) is 0 Å². The number of allylic oxidation sites excluding steroid dienone is 4. The van der Waals surface area contributed by atoms with Gasteiger partial charge in [0.2, 0.25) is 0 Å². The van der Waals surface area contributed by atoms with Crippen LogP contribution in [-0.4, -0.2) is 51.6 Å². The standard InChI is InChI=1S/C16H28.C11H20O4.C7H12O3.C2H6/c1-2-8-13(7-1)16(14-9-3-4-10-14)15-11-5-6-12-15;1-9(12)6-10(2)14-8-15-11(3,4)7-13-5;1-6(8)4-7(2)10-5-9-3;1-2/h13-16H,1-12H2;6H,7-8H2,1-5H3;4H,5H2,1-3H3;1-2H3/b;10-6-;7-4-;. The molecule has 0 spiro atoms. The Morgan fingerprint density at radius 3 is 1.30 bits per heavy atom. The summed E-state index contributed by atoms with van der Waals surface area (Å²) in [5.41, 5.74) is -0.384. The van der Waals surface area contributed by atoms with E-state index < -0.39 is 0 Å². The van der Waals surface area contributed by atoms with Gasteiger partial charge in [-0.05, 0) is 65.2 Å². The minimum atomic E-state index is -0.384. The second-order valence-corrected chi connectivity index (χ2v) is 12.6. The molecule has 0 aromatic carbocycles. The summed E-state index contributed by atoms with van der Waals surface area (Å²) in [4.78, 5) is 21.1. The highest BCUT2D eigenvalue weighted by atomic mass is 16.7. The summed E-state index contributed by atoms with van der Waals surface area (Å²) >= 11 is 0. The van der Waals surface area contributed by atoms with Crippen molar-refractivity contribution in [3.05, 3.63) is 23.7 Å².